The van der Waals surface area contributed by atoms with Crippen LogP contribution in [0.4, 0.5) is 0 Å². The summed E-state index contributed by atoms with van der Waals surface area (Å²) in [5.74, 6) is -0.572. The maximum Gasteiger partial charge on any atom is 0.343 e. The number of nitrogens with one attached hydrogen (secondary N) is 1. The fourth-order valence-corrected chi connectivity index (χ4v) is 2.40. The van der Waals surface area contributed by atoms with Gasteiger partial charge >= 0.3 is 5.97 Å². The van der Waals surface area contributed by atoms with Gasteiger partial charge in [-0.15, -0.1) is 0 Å². The fourth-order valence-electron chi connectivity index (χ4n) is 2.10. The summed E-state index contributed by atoms with van der Waals surface area (Å²) in [6.07, 6.45) is 0. The van der Waals surface area contributed by atoms with Crippen molar-refractivity contribution >= 4 is 34.7 Å². The smallest absolute Gasteiger partial charge is 0.343 e. The summed E-state index contributed by atoms with van der Waals surface area (Å²) >= 11 is 11.7. The molecule has 0 amide bonds. The quantitative estimate of drug-likeness (QED) is 0.777. The predicted octanol–water partition coefficient (Wildman–Crippen LogP) is 2.16. The van der Waals surface area contributed by atoms with Gasteiger partial charge in [-0.3, -0.25) is 0 Å². The standard InChI is InChI=1S/C12H9Cl2NO3/c13-7-2-1-6(3-8(7)14)9-10(16)12(4-15-5-12)18-11(9)17/h1-3,15-16H,4-5H2. The molecule has 2 N–H and O–H groups in total. The van der Waals surface area contributed by atoms with Gasteiger partial charge in [0.05, 0.1) is 10.0 Å². The van der Waals surface area contributed by atoms with Gasteiger partial charge in [-0.05, 0) is 17.7 Å². The summed E-state index contributed by atoms with van der Waals surface area (Å²) < 4.78 is 5.23. The summed E-state index contributed by atoms with van der Waals surface area (Å²) in [6.45, 7) is 0.852. The van der Waals surface area contributed by atoms with Crippen molar-refractivity contribution in [2.45, 2.75) is 5.60 Å². The third-order valence-corrected chi connectivity index (χ3v) is 3.93. The van der Waals surface area contributed by atoms with Crippen molar-refractivity contribution in [1.82, 2.24) is 5.32 Å². The van der Waals surface area contributed by atoms with Crippen LogP contribution in [0.1, 0.15) is 5.56 Å². The van der Waals surface area contributed by atoms with E-state index in [1.54, 1.807) is 18.2 Å². The first-order chi connectivity index (χ1) is 8.53. The normalized spacial score (nSPS) is 21.1. The molecule has 0 atom stereocenters. The molecule has 0 saturated carbocycles. The summed E-state index contributed by atoms with van der Waals surface area (Å²) in [6, 6.07) is 4.75. The lowest BCUT2D eigenvalue weighted by Gasteiger charge is -2.37. The molecular formula is C12H9Cl2NO3. The van der Waals surface area contributed by atoms with Gasteiger partial charge in [0, 0.05) is 13.1 Å². The van der Waals surface area contributed by atoms with Crippen molar-refractivity contribution in [3.63, 3.8) is 0 Å². The molecule has 0 aliphatic carbocycles. The molecule has 2 heterocycles. The van der Waals surface area contributed by atoms with Crippen LogP contribution in [0, 0.1) is 0 Å². The van der Waals surface area contributed by atoms with Crippen LogP contribution in [-0.2, 0) is 9.53 Å². The molecule has 2 aliphatic rings. The second kappa shape index (κ2) is 3.88. The third-order valence-electron chi connectivity index (χ3n) is 3.19. The van der Waals surface area contributed by atoms with E-state index in [0.29, 0.717) is 28.7 Å². The van der Waals surface area contributed by atoms with Crippen LogP contribution in [0.3, 0.4) is 0 Å². The first-order valence-electron chi connectivity index (χ1n) is 5.37. The Kier molecular flexibility index (Phi) is 2.55. The topological polar surface area (TPSA) is 58.6 Å². The Morgan fingerprint density at radius 2 is 2.00 bits per heavy atom. The lowest BCUT2D eigenvalue weighted by molar-refractivity contribution is -0.150. The monoisotopic (exact) mass is 285 g/mol. The molecule has 94 valence electrons. The van der Waals surface area contributed by atoms with Crippen molar-refractivity contribution in [3.05, 3.63) is 39.6 Å². The molecule has 1 saturated heterocycles. The van der Waals surface area contributed by atoms with E-state index in [0.717, 1.165) is 0 Å². The first kappa shape index (κ1) is 11.8. The number of benzene rings is 1. The SMILES string of the molecule is O=C1OC2(CNC2)C(O)=C1c1ccc(Cl)c(Cl)c1. The fraction of sp³-hybridized carbons (Fsp3) is 0.250. The molecule has 1 aromatic rings. The average molecular weight is 286 g/mol. The molecule has 0 radical (unpaired) electrons. The molecule has 0 unspecified atom stereocenters. The second-order valence-corrected chi connectivity index (χ2v) is 5.15. The minimum atomic E-state index is -0.890. The number of hydrogen-bond donors (Lipinski definition) is 2. The molecule has 18 heavy (non-hydrogen) atoms. The molecule has 6 heteroatoms. The van der Waals surface area contributed by atoms with Gasteiger partial charge in [-0.2, -0.15) is 0 Å². The van der Waals surface area contributed by atoms with E-state index in [1.165, 1.54) is 0 Å². The molecule has 1 aromatic carbocycles. The Labute approximate surface area is 113 Å². The van der Waals surface area contributed by atoms with Gasteiger partial charge < -0.3 is 15.2 Å². The highest BCUT2D eigenvalue weighted by molar-refractivity contribution is 6.42. The number of halogens is 2. The van der Waals surface area contributed by atoms with Crippen LogP contribution < -0.4 is 5.32 Å². The van der Waals surface area contributed by atoms with Gasteiger partial charge in [0.15, 0.2) is 11.4 Å². The number of aliphatic hydroxyl groups excluding tert-OH is 1. The van der Waals surface area contributed by atoms with Crippen molar-refractivity contribution in [2.75, 3.05) is 13.1 Å². The highest BCUT2D eigenvalue weighted by Crippen LogP contribution is 2.39. The number of carbonyl (C=O) groups excluding carboxylic acids is 1. The predicted molar refractivity (Wildman–Crippen MR) is 67.7 cm³/mol. The van der Waals surface area contributed by atoms with E-state index in [9.17, 15) is 9.90 Å². The van der Waals surface area contributed by atoms with Gasteiger partial charge in [-0.25, -0.2) is 4.79 Å². The van der Waals surface area contributed by atoms with E-state index in [1.807, 2.05) is 0 Å². The zero-order valence-corrected chi connectivity index (χ0v) is 10.7. The Morgan fingerprint density at radius 1 is 1.28 bits per heavy atom. The van der Waals surface area contributed by atoms with E-state index < -0.39 is 11.6 Å². The van der Waals surface area contributed by atoms with Crippen LogP contribution in [0.25, 0.3) is 5.57 Å². The first-order valence-corrected chi connectivity index (χ1v) is 6.12. The summed E-state index contributed by atoms with van der Waals surface area (Å²) in [5, 5.41) is 13.9. The minimum Gasteiger partial charge on any atom is -0.507 e. The minimum absolute atomic E-state index is 0.0374. The van der Waals surface area contributed by atoms with Crippen molar-refractivity contribution in [3.8, 4) is 0 Å². The molecule has 2 aliphatic heterocycles. The molecule has 1 spiro atoms. The lowest BCUT2D eigenvalue weighted by Crippen LogP contribution is -2.60. The van der Waals surface area contributed by atoms with Crippen molar-refractivity contribution < 1.29 is 14.6 Å². The van der Waals surface area contributed by atoms with Crippen molar-refractivity contribution in [1.29, 1.82) is 0 Å². The van der Waals surface area contributed by atoms with Gasteiger partial charge in [0.2, 0.25) is 0 Å². The summed E-state index contributed by atoms with van der Waals surface area (Å²) in [5.41, 5.74) is -0.218. The molecular weight excluding hydrogens is 277 g/mol. The number of aliphatic hydroxyl groups is 1. The number of ether oxygens (including phenoxy) is 1. The van der Waals surface area contributed by atoms with Crippen LogP contribution in [-0.4, -0.2) is 29.8 Å². The number of esters is 1. The highest BCUT2D eigenvalue weighted by atomic mass is 35.5. The Bertz CT molecular complexity index is 579. The molecule has 1 fully saturated rings. The van der Waals surface area contributed by atoms with Crippen LogP contribution >= 0.6 is 23.2 Å². The maximum atomic E-state index is 11.8. The Balaban J connectivity index is 2.09. The molecule has 4 nitrogen and oxygen atoms in total. The van der Waals surface area contributed by atoms with Crippen molar-refractivity contribution in [2.24, 2.45) is 0 Å². The van der Waals surface area contributed by atoms with E-state index in [-0.39, 0.29) is 11.3 Å². The molecule has 0 aromatic heterocycles. The van der Waals surface area contributed by atoms with Gasteiger partial charge in [0.1, 0.15) is 5.57 Å². The highest BCUT2D eigenvalue weighted by Gasteiger charge is 2.53. The Hall–Kier alpha value is -1.23. The molecule has 0 bridgehead atoms. The average Bonchev–Trinajstić information content (AvgIpc) is 2.55. The number of hydrogen-bond acceptors (Lipinski definition) is 4. The lowest BCUT2D eigenvalue weighted by atomic mass is 9.92. The van der Waals surface area contributed by atoms with Crippen LogP contribution in [0.2, 0.25) is 10.0 Å². The molecule has 3 rings (SSSR count). The van der Waals surface area contributed by atoms with E-state index in [2.05, 4.69) is 5.32 Å². The third kappa shape index (κ3) is 1.53. The van der Waals surface area contributed by atoms with Gasteiger partial charge in [-0.1, -0.05) is 29.3 Å². The second-order valence-electron chi connectivity index (χ2n) is 4.34. The van der Waals surface area contributed by atoms with E-state index in [4.69, 9.17) is 27.9 Å². The van der Waals surface area contributed by atoms with E-state index >= 15 is 0 Å². The summed E-state index contributed by atoms with van der Waals surface area (Å²) in [4.78, 5) is 11.8. The zero-order valence-electron chi connectivity index (χ0n) is 9.17. The summed E-state index contributed by atoms with van der Waals surface area (Å²) in [7, 11) is 0. The number of rotatable bonds is 1. The zero-order chi connectivity index (χ0) is 12.9. The van der Waals surface area contributed by atoms with Crippen LogP contribution in [0.5, 0.6) is 0 Å². The Morgan fingerprint density at radius 3 is 2.50 bits per heavy atom. The maximum absolute atomic E-state index is 11.8. The largest absolute Gasteiger partial charge is 0.507 e. The number of carbonyl (C=O) groups is 1. The van der Waals surface area contributed by atoms with Gasteiger partial charge in [0.25, 0.3) is 0 Å². The van der Waals surface area contributed by atoms with Crippen LogP contribution in [0.15, 0.2) is 24.0 Å².